The molecule has 2 aliphatic rings. The predicted octanol–water partition coefficient (Wildman–Crippen LogP) is 3.66. The first-order valence-electron chi connectivity index (χ1n) is 10.5. The van der Waals surface area contributed by atoms with Crippen LogP contribution in [0.5, 0.6) is 0 Å². The minimum atomic E-state index is 0.00593. The number of ketones is 1. The van der Waals surface area contributed by atoms with Crippen molar-refractivity contribution in [1.29, 1.82) is 0 Å². The number of benzene rings is 2. The lowest BCUT2D eigenvalue weighted by Gasteiger charge is -2.27. The number of carbonyl (C=O) groups is 2. The molecule has 0 radical (unpaired) electrons. The molecule has 4 heteroatoms. The number of fused-ring (bicyclic) bond motifs is 1. The lowest BCUT2D eigenvalue weighted by atomic mass is 9.89. The number of allylic oxidation sites excluding steroid dienone is 1. The van der Waals surface area contributed by atoms with Gasteiger partial charge in [0, 0.05) is 19.5 Å². The van der Waals surface area contributed by atoms with Crippen LogP contribution in [0.1, 0.15) is 36.0 Å². The molecule has 2 aromatic rings. The number of Topliss-reactive ketones (excluding diaryl/α,β-unsaturated/α-hetero) is 1. The molecule has 0 saturated carbocycles. The van der Waals surface area contributed by atoms with Crippen LogP contribution in [0, 0.1) is 5.92 Å². The summed E-state index contributed by atoms with van der Waals surface area (Å²) in [4.78, 5) is 27.1. The van der Waals surface area contributed by atoms with E-state index in [1.807, 2.05) is 41.3 Å². The van der Waals surface area contributed by atoms with Crippen LogP contribution in [0.2, 0.25) is 0 Å². The molecule has 0 spiro atoms. The lowest BCUT2D eigenvalue weighted by Crippen LogP contribution is -2.48. The van der Waals surface area contributed by atoms with Crippen LogP contribution < -0.4 is 5.32 Å². The Morgan fingerprint density at radius 2 is 1.69 bits per heavy atom. The number of carbonyl (C=O) groups excluding carboxylic acids is 2. The molecular formula is C25H28N2O2. The van der Waals surface area contributed by atoms with E-state index in [9.17, 15) is 9.59 Å². The van der Waals surface area contributed by atoms with Gasteiger partial charge in [0.1, 0.15) is 5.78 Å². The highest BCUT2D eigenvalue weighted by molar-refractivity contribution is 5.88. The van der Waals surface area contributed by atoms with Crippen molar-refractivity contribution in [1.82, 2.24) is 10.2 Å². The van der Waals surface area contributed by atoms with E-state index in [1.54, 1.807) is 6.08 Å². The van der Waals surface area contributed by atoms with Gasteiger partial charge in [-0.3, -0.25) is 9.59 Å². The fourth-order valence-electron chi connectivity index (χ4n) is 4.04. The van der Waals surface area contributed by atoms with E-state index >= 15 is 0 Å². The van der Waals surface area contributed by atoms with Gasteiger partial charge in [0.25, 0.3) is 0 Å². The standard InChI is InChI=1S/C25H28N2O2/c28-24(23-14-15-26-23)16-20(11-10-19-6-2-1-3-7-19)12-13-25(29)27-17-21-8-4-5-9-22(21)18-27/h1-9,12-13,20,23,26H,10-11,14-18H2/b13-12+/t20-,23-/m0/s1. The third-order valence-corrected chi connectivity index (χ3v) is 5.99. The Morgan fingerprint density at radius 1 is 1.03 bits per heavy atom. The average molecular weight is 389 g/mol. The van der Waals surface area contributed by atoms with Gasteiger partial charge < -0.3 is 10.2 Å². The Balaban J connectivity index is 1.38. The van der Waals surface area contributed by atoms with E-state index in [4.69, 9.17) is 0 Å². The van der Waals surface area contributed by atoms with E-state index < -0.39 is 0 Å². The van der Waals surface area contributed by atoms with Crippen molar-refractivity contribution >= 4 is 11.7 Å². The van der Waals surface area contributed by atoms with Crippen LogP contribution in [-0.2, 0) is 29.1 Å². The van der Waals surface area contributed by atoms with Gasteiger partial charge in [-0.1, -0.05) is 60.7 Å². The van der Waals surface area contributed by atoms with Crippen LogP contribution >= 0.6 is 0 Å². The Bertz CT molecular complexity index is 862. The molecule has 1 amide bonds. The number of amides is 1. The molecule has 0 aliphatic carbocycles. The van der Waals surface area contributed by atoms with Crippen LogP contribution in [0.15, 0.2) is 66.7 Å². The summed E-state index contributed by atoms with van der Waals surface area (Å²) in [5, 5.41) is 3.20. The van der Waals surface area contributed by atoms with Gasteiger partial charge in [0.05, 0.1) is 6.04 Å². The number of hydrogen-bond acceptors (Lipinski definition) is 3. The Kier molecular flexibility index (Phi) is 6.20. The van der Waals surface area contributed by atoms with Gasteiger partial charge in [-0.25, -0.2) is 0 Å². The second-order valence-corrected chi connectivity index (χ2v) is 8.07. The van der Waals surface area contributed by atoms with Crippen molar-refractivity contribution in [2.75, 3.05) is 6.54 Å². The number of nitrogens with zero attached hydrogens (tertiary/aromatic N) is 1. The zero-order valence-corrected chi connectivity index (χ0v) is 16.7. The normalized spacial score (nSPS) is 19.0. The van der Waals surface area contributed by atoms with Crippen molar-refractivity contribution in [2.24, 2.45) is 5.92 Å². The SMILES string of the molecule is O=C(C[C@H](/C=C/C(=O)N1Cc2ccccc2C1)CCc1ccccc1)[C@@H]1CCN1. The Labute approximate surface area is 172 Å². The summed E-state index contributed by atoms with van der Waals surface area (Å²) in [5.41, 5.74) is 3.71. The van der Waals surface area contributed by atoms with Crippen molar-refractivity contribution in [3.05, 3.63) is 83.4 Å². The molecule has 0 aromatic heterocycles. The zero-order chi connectivity index (χ0) is 20.1. The first-order chi connectivity index (χ1) is 14.2. The van der Waals surface area contributed by atoms with Crippen molar-refractivity contribution in [3.63, 3.8) is 0 Å². The quantitative estimate of drug-likeness (QED) is 0.702. The molecule has 2 heterocycles. The lowest BCUT2D eigenvalue weighted by molar-refractivity contribution is -0.127. The van der Waals surface area contributed by atoms with Gasteiger partial charge in [-0.15, -0.1) is 0 Å². The highest BCUT2D eigenvalue weighted by Crippen LogP contribution is 2.23. The molecule has 29 heavy (non-hydrogen) atoms. The summed E-state index contributed by atoms with van der Waals surface area (Å²) in [5.74, 6) is 0.374. The molecule has 1 saturated heterocycles. The fraction of sp³-hybridized carbons (Fsp3) is 0.360. The smallest absolute Gasteiger partial charge is 0.246 e. The van der Waals surface area contributed by atoms with Crippen LogP contribution in [0.4, 0.5) is 0 Å². The maximum atomic E-state index is 12.7. The molecule has 1 N–H and O–H groups in total. The van der Waals surface area contributed by atoms with Gasteiger partial charge in [-0.2, -0.15) is 0 Å². The molecule has 150 valence electrons. The summed E-state index contributed by atoms with van der Waals surface area (Å²) in [6.45, 7) is 2.26. The van der Waals surface area contributed by atoms with Gasteiger partial charge in [-0.05, 0) is 54.5 Å². The molecule has 4 rings (SSSR count). The Hall–Kier alpha value is -2.72. The summed E-state index contributed by atoms with van der Waals surface area (Å²) in [6.07, 6.45) is 6.85. The molecule has 0 bridgehead atoms. The first-order valence-corrected chi connectivity index (χ1v) is 10.5. The third-order valence-electron chi connectivity index (χ3n) is 5.99. The molecule has 1 fully saturated rings. The number of nitrogens with one attached hydrogen (secondary N) is 1. The molecule has 2 aromatic carbocycles. The maximum absolute atomic E-state index is 12.7. The van der Waals surface area contributed by atoms with E-state index in [-0.39, 0.29) is 23.7 Å². The van der Waals surface area contributed by atoms with E-state index in [2.05, 4.69) is 29.6 Å². The third kappa shape index (κ3) is 5.01. The largest absolute Gasteiger partial charge is 0.330 e. The first kappa shape index (κ1) is 19.6. The van der Waals surface area contributed by atoms with E-state index in [0.717, 1.165) is 25.8 Å². The minimum absolute atomic E-state index is 0.00593. The van der Waals surface area contributed by atoms with Gasteiger partial charge in [0.2, 0.25) is 5.91 Å². The number of hydrogen-bond donors (Lipinski definition) is 1. The van der Waals surface area contributed by atoms with Gasteiger partial charge in [0.15, 0.2) is 0 Å². The summed E-state index contributed by atoms with van der Waals surface area (Å²) >= 11 is 0. The van der Waals surface area contributed by atoms with E-state index in [0.29, 0.717) is 19.5 Å². The molecular weight excluding hydrogens is 360 g/mol. The maximum Gasteiger partial charge on any atom is 0.246 e. The second kappa shape index (κ2) is 9.19. The monoisotopic (exact) mass is 388 g/mol. The second-order valence-electron chi connectivity index (χ2n) is 8.07. The fourth-order valence-corrected chi connectivity index (χ4v) is 4.04. The average Bonchev–Trinajstić information content (AvgIpc) is 3.13. The van der Waals surface area contributed by atoms with Crippen molar-refractivity contribution in [2.45, 2.75) is 44.8 Å². The molecule has 0 unspecified atom stereocenters. The summed E-state index contributed by atoms with van der Waals surface area (Å²) in [7, 11) is 0. The number of rotatable bonds is 8. The highest BCUT2D eigenvalue weighted by atomic mass is 16.2. The van der Waals surface area contributed by atoms with Gasteiger partial charge >= 0.3 is 0 Å². The topological polar surface area (TPSA) is 49.4 Å². The van der Waals surface area contributed by atoms with Crippen molar-refractivity contribution < 1.29 is 9.59 Å². The van der Waals surface area contributed by atoms with Crippen LogP contribution in [-0.4, -0.2) is 29.2 Å². The zero-order valence-electron chi connectivity index (χ0n) is 16.7. The highest BCUT2D eigenvalue weighted by Gasteiger charge is 2.26. The number of aryl methyl sites for hydroxylation is 1. The molecule has 2 atom stereocenters. The summed E-state index contributed by atoms with van der Waals surface area (Å²) < 4.78 is 0. The molecule has 2 aliphatic heterocycles. The predicted molar refractivity (Wildman–Crippen MR) is 114 cm³/mol. The van der Waals surface area contributed by atoms with Crippen molar-refractivity contribution in [3.8, 4) is 0 Å². The van der Waals surface area contributed by atoms with Crippen LogP contribution in [0.25, 0.3) is 0 Å². The minimum Gasteiger partial charge on any atom is -0.330 e. The van der Waals surface area contributed by atoms with E-state index in [1.165, 1.54) is 16.7 Å². The summed E-state index contributed by atoms with van der Waals surface area (Å²) in [6, 6.07) is 18.5. The Morgan fingerprint density at radius 3 is 2.31 bits per heavy atom. The molecule has 4 nitrogen and oxygen atoms in total. The van der Waals surface area contributed by atoms with Crippen LogP contribution in [0.3, 0.4) is 0 Å².